The van der Waals surface area contributed by atoms with Gasteiger partial charge in [0.05, 0.1) is 17.9 Å². The van der Waals surface area contributed by atoms with Crippen molar-refractivity contribution < 1.29 is 23.9 Å². The topological polar surface area (TPSA) is 110 Å². The summed E-state index contributed by atoms with van der Waals surface area (Å²) in [5, 5.41) is 6.32. The van der Waals surface area contributed by atoms with Gasteiger partial charge in [-0.15, -0.1) is 0 Å². The van der Waals surface area contributed by atoms with Gasteiger partial charge in [0.15, 0.2) is 0 Å². The maximum Gasteiger partial charge on any atom is 0.410 e. The summed E-state index contributed by atoms with van der Waals surface area (Å²) in [6.07, 6.45) is 5.75. The number of aryl methyl sites for hydroxylation is 2. The molecule has 0 fully saturated rings. The van der Waals surface area contributed by atoms with Crippen LogP contribution in [-0.4, -0.2) is 57.9 Å². The monoisotopic (exact) mass is 562 g/mol. The standard InChI is InChI=1S/C32H42N4O5/c1-19(35(5)31(40)41-32(2,3)4)29(38)34-25-14-13-21-15-16-36-18-22(17-26(37)27(25)28(21)36)30(39)33-24-12-8-10-20-9-6-7-11-23(20)24/h6-7,9,11,15-16,19,22,24-25,27H,8,10,12-14,17-18H2,1-5H3,(H,33,39)(H,34,38). The van der Waals surface area contributed by atoms with Crippen molar-refractivity contribution in [2.45, 2.75) is 102 Å². The maximum absolute atomic E-state index is 13.8. The molecule has 3 amide bonds. The van der Waals surface area contributed by atoms with E-state index in [4.69, 9.17) is 4.74 Å². The van der Waals surface area contributed by atoms with Crippen molar-refractivity contribution in [2.75, 3.05) is 7.05 Å². The van der Waals surface area contributed by atoms with Gasteiger partial charge in [0.1, 0.15) is 17.4 Å². The molecule has 2 N–H and O–H groups in total. The summed E-state index contributed by atoms with van der Waals surface area (Å²) in [6, 6.07) is 9.03. The number of hydrogen-bond donors (Lipinski definition) is 2. The molecule has 2 aliphatic carbocycles. The molecule has 0 saturated heterocycles. The van der Waals surface area contributed by atoms with Crippen LogP contribution in [0.3, 0.4) is 0 Å². The van der Waals surface area contributed by atoms with Crippen LogP contribution in [0.5, 0.6) is 0 Å². The molecule has 0 radical (unpaired) electrons. The second-order valence-corrected chi connectivity index (χ2v) is 12.8. The van der Waals surface area contributed by atoms with Gasteiger partial charge in [-0.3, -0.25) is 19.3 Å². The molecule has 2 aromatic rings. The number of fused-ring (bicyclic) bond motifs is 1. The van der Waals surface area contributed by atoms with Gasteiger partial charge in [0, 0.05) is 37.9 Å². The van der Waals surface area contributed by atoms with E-state index in [1.54, 1.807) is 27.7 Å². The lowest BCUT2D eigenvalue weighted by atomic mass is 9.79. The Balaban J connectivity index is 1.30. The number of benzene rings is 1. The highest BCUT2D eigenvalue weighted by atomic mass is 16.6. The molecule has 2 heterocycles. The number of carbonyl (C=O) groups excluding carboxylic acids is 4. The lowest BCUT2D eigenvalue weighted by Crippen LogP contribution is -2.52. The number of nitrogens with one attached hydrogen (secondary N) is 2. The molecular weight excluding hydrogens is 520 g/mol. The van der Waals surface area contributed by atoms with Crippen LogP contribution in [0.1, 0.15) is 87.7 Å². The first kappa shape index (κ1) is 28.9. The van der Waals surface area contributed by atoms with E-state index in [-0.39, 0.29) is 30.1 Å². The molecule has 1 aliphatic heterocycles. The fourth-order valence-electron chi connectivity index (χ4n) is 6.49. The summed E-state index contributed by atoms with van der Waals surface area (Å²) >= 11 is 0. The van der Waals surface area contributed by atoms with Crippen LogP contribution in [0, 0.1) is 5.92 Å². The first-order valence-corrected chi connectivity index (χ1v) is 14.8. The minimum atomic E-state index is -0.782. The van der Waals surface area contributed by atoms with Crippen LogP contribution < -0.4 is 10.6 Å². The van der Waals surface area contributed by atoms with Crippen molar-refractivity contribution in [3.8, 4) is 0 Å². The van der Waals surface area contributed by atoms with Crippen LogP contribution in [0.15, 0.2) is 36.5 Å². The fourth-order valence-corrected chi connectivity index (χ4v) is 6.49. The van der Waals surface area contributed by atoms with E-state index < -0.39 is 35.6 Å². The molecule has 5 atom stereocenters. The molecule has 0 saturated carbocycles. The molecule has 3 aliphatic rings. The van der Waals surface area contributed by atoms with Crippen molar-refractivity contribution in [3.63, 3.8) is 0 Å². The minimum absolute atomic E-state index is 0.0361. The number of Topliss-reactive ketones (excluding diaryl/α,β-unsaturated/α-hetero) is 1. The molecule has 9 heteroatoms. The second kappa shape index (κ2) is 11.3. The highest BCUT2D eigenvalue weighted by molar-refractivity contribution is 5.93. The molecule has 41 heavy (non-hydrogen) atoms. The summed E-state index contributed by atoms with van der Waals surface area (Å²) < 4.78 is 7.46. The first-order chi connectivity index (χ1) is 19.4. The molecule has 1 aromatic heterocycles. The maximum atomic E-state index is 13.8. The van der Waals surface area contributed by atoms with Crippen molar-refractivity contribution in [1.29, 1.82) is 0 Å². The molecule has 9 nitrogen and oxygen atoms in total. The Morgan fingerprint density at radius 1 is 1.05 bits per heavy atom. The zero-order valence-electron chi connectivity index (χ0n) is 24.7. The van der Waals surface area contributed by atoms with Crippen LogP contribution in [0.25, 0.3) is 0 Å². The van der Waals surface area contributed by atoms with Gasteiger partial charge < -0.3 is 19.9 Å². The number of likely N-dealkylation sites (N-methyl/N-ethyl adjacent to an activating group) is 1. The van der Waals surface area contributed by atoms with Crippen molar-refractivity contribution in [3.05, 3.63) is 58.9 Å². The molecular formula is C32H42N4O5. The minimum Gasteiger partial charge on any atom is -0.444 e. The number of nitrogens with zero attached hydrogens (tertiary/aromatic N) is 2. The number of ketones is 1. The van der Waals surface area contributed by atoms with Crippen molar-refractivity contribution >= 4 is 23.7 Å². The Bertz CT molecular complexity index is 1340. The Morgan fingerprint density at radius 3 is 2.56 bits per heavy atom. The normalized spacial score (nSPS) is 24.3. The molecule has 0 spiro atoms. The highest BCUT2D eigenvalue weighted by Gasteiger charge is 2.43. The van der Waals surface area contributed by atoms with Gasteiger partial charge in [-0.05, 0) is 82.6 Å². The lowest BCUT2D eigenvalue weighted by Gasteiger charge is -2.34. The number of amides is 3. The SMILES string of the molecule is CC(C(=O)NC1CCc2ccn3c2C1C(=O)CC(C(=O)NC1CCCc2ccccc21)C3)N(C)C(=O)OC(C)(C)C. The van der Waals surface area contributed by atoms with Crippen LogP contribution in [-0.2, 0) is 38.5 Å². The predicted molar refractivity (Wildman–Crippen MR) is 154 cm³/mol. The van der Waals surface area contributed by atoms with Gasteiger partial charge in [-0.2, -0.15) is 0 Å². The van der Waals surface area contributed by atoms with Gasteiger partial charge in [0.2, 0.25) is 11.8 Å². The third-order valence-corrected chi connectivity index (χ3v) is 8.75. The number of rotatable bonds is 5. The molecule has 1 aromatic carbocycles. The third-order valence-electron chi connectivity index (χ3n) is 8.75. The Kier molecular flexibility index (Phi) is 7.99. The average molecular weight is 563 g/mol. The Labute approximate surface area is 242 Å². The van der Waals surface area contributed by atoms with E-state index in [0.717, 1.165) is 36.9 Å². The van der Waals surface area contributed by atoms with Crippen molar-refractivity contribution in [1.82, 2.24) is 20.1 Å². The number of carbonyl (C=O) groups is 4. The number of aromatic nitrogens is 1. The van der Waals surface area contributed by atoms with Crippen LogP contribution in [0.2, 0.25) is 0 Å². The average Bonchev–Trinajstić information content (AvgIpc) is 3.26. The first-order valence-electron chi connectivity index (χ1n) is 14.8. The zero-order chi connectivity index (χ0) is 29.5. The fraction of sp³-hybridized carbons (Fsp3) is 0.562. The van der Waals surface area contributed by atoms with E-state index in [1.807, 2.05) is 29.0 Å². The summed E-state index contributed by atoms with van der Waals surface area (Å²) in [5.74, 6) is -1.51. The molecule has 5 unspecified atom stereocenters. The summed E-state index contributed by atoms with van der Waals surface area (Å²) in [6.45, 7) is 7.40. The second-order valence-electron chi connectivity index (χ2n) is 12.8. The molecule has 220 valence electrons. The Morgan fingerprint density at radius 2 is 1.80 bits per heavy atom. The predicted octanol–water partition coefficient (Wildman–Crippen LogP) is 4.04. The number of ether oxygens (including phenoxy) is 1. The lowest BCUT2D eigenvalue weighted by molar-refractivity contribution is -0.131. The highest BCUT2D eigenvalue weighted by Crippen LogP contribution is 2.38. The van der Waals surface area contributed by atoms with Gasteiger partial charge in [-0.25, -0.2) is 4.79 Å². The molecule has 5 rings (SSSR count). The van der Waals surface area contributed by atoms with E-state index in [2.05, 4.69) is 22.8 Å². The zero-order valence-corrected chi connectivity index (χ0v) is 24.7. The Hall–Kier alpha value is -3.62. The molecule has 0 bridgehead atoms. The van der Waals surface area contributed by atoms with E-state index >= 15 is 0 Å². The van der Waals surface area contributed by atoms with E-state index in [1.165, 1.54) is 23.1 Å². The number of hydrogen-bond acceptors (Lipinski definition) is 5. The van der Waals surface area contributed by atoms with Gasteiger partial charge in [-0.1, -0.05) is 24.3 Å². The summed E-state index contributed by atoms with van der Waals surface area (Å²) in [5.41, 5.74) is 3.75. The largest absolute Gasteiger partial charge is 0.444 e. The van der Waals surface area contributed by atoms with Gasteiger partial charge in [0.25, 0.3) is 0 Å². The summed E-state index contributed by atoms with van der Waals surface area (Å²) in [7, 11) is 1.53. The van der Waals surface area contributed by atoms with Crippen LogP contribution in [0.4, 0.5) is 4.79 Å². The van der Waals surface area contributed by atoms with Crippen molar-refractivity contribution in [2.24, 2.45) is 5.92 Å². The smallest absolute Gasteiger partial charge is 0.410 e. The van der Waals surface area contributed by atoms with E-state index in [0.29, 0.717) is 13.0 Å². The van der Waals surface area contributed by atoms with E-state index in [9.17, 15) is 19.2 Å². The summed E-state index contributed by atoms with van der Waals surface area (Å²) in [4.78, 5) is 54.5. The quantitative estimate of drug-likeness (QED) is 0.572. The third kappa shape index (κ3) is 6.04. The van der Waals surface area contributed by atoms with Gasteiger partial charge >= 0.3 is 6.09 Å². The van der Waals surface area contributed by atoms with Crippen LogP contribution >= 0.6 is 0 Å².